The number of halogens is 1. The lowest BCUT2D eigenvalue weighted by Gasteiger charge is -2.32. The number of nitrogens with one attached hydrogen (secondary N) is 1. The Morgan fingerprint density at radius 3 is 2.72 bits per heavy atom. The van der Waals surface area contributed by atoms with E-state index < -0.39 is 0 Å². The van der Waals surface area contributed by atoms with Crippen molar-refractivity contribution >= 4 is 11.9 Å². The van der Waals surface area contributed by atoms with Gasteiger partial charge in [0.25, 0.3) is 0 Å². The molecule has 1 fully saturated rings. The molecule has 1 atom stereocenters. The van der Waals surface area contributed by atoms with Crippen LogP contribution in [0.4, 0.5) is 10.3 Å². The van der Waals surface area contributed by atoms with Crippen molar-refractivity contribution in [2.45, 2.75) is 51.9 Å². The highest BCUT2D eigenvalue weighted by Crippen LogP contribution is 2.23. The molecular formula is C23H31FN4O. The number of unbranched alkanes of at least 4 members (excludes halogenated alkanes) is 4. The molecule has 0 aliphatic carbocycles. The first kappa shape index (κ1) is 21.2. The second kappa shape index (κ2) is 10.9. The fourth-order valence-electron chi connectivity index (χ4n) is 3.76. The fraction of sp³-hybridized carbons (Fsp3) is 0.522. The summed E-state index contributed by atoms with van der Waals surface area (Å²) < 4.78 is 13.4. The number of nitrogens with zero attached hydrogens (tertiary/aromatic N) is 3. The van der Waals surface area contributed by atoms with Gasteiger partial charge in [0, 0.05) is 37.6 Å². The molecule has 1 N–H and O–H groups in total. The van der Waals surface area contributed by atoms with E-state index in [1.807, 2.05) is 6.07 Å². The van der Waals surface area contributed by atoms with Crippen LogP contribution in [0.3, 0.4) is 0 Å². The Morgan fingerprint density at radius 1 is 1.17 bits per heavy atom. The van der Waals surface area contributed by atoms with Crippen LogP contribution in [0.1, 0.15) is 51.9 Å². The highest BCUT2D eigenvalue weighted by molar-refractivity contribution is 5.79. The smallest absolute Gasteiger partial charge is 0.225 e. The summed E-state index contributed by atoms with van der Waals surface area (Å²) in [5, 5.41) is 3.10. The number of hydrogen-bond donors (Lipinski definition) is 1. The molecule has 1 aliphatic heterocycles. The lowest BCUT2D eigenvalue weighted by molar-refractivity contribution is -0.125. The van der Waals surface area contributed by atoms with Crippen LogP contribution in [0.5, 0.6) is 0 Å². The summed E-state index contributed by atoms with van der Waals surface area (Å²) in [6.07, 6.45) is 11.3. The number of carbonyl (C=O) groups is 1. The van der Waals surface area contributed by atoms with Gasteiger partial charge in [0.15, 0.2) is 0 Å². The number of hydrogen-bond acceptors (Lipinski definition) is 4. The molecule has 0 bridgehead atoms. The third-order valence-corrected chi connectivity index (χ3v) is 5.45. The van der Waals surface area contributed by atoms with Crippen LogP contribution in [0.25, 0.3) is 11.1 Å². The second-order valence-electron chi connectivity index (χ2n) is 7.77. The molecule has 0 radical (unpaired) electrons. The molecule has 1 amide bonds. The van der Waals surface area contributed by atoms with Gasteiger partial charge in [-0.15, -0.1) is 0 Å². The Kier molecular flexibility index (Phi) is 7.96. The van der Waals surface area contributed by atoms with Gasteiger partial charge in [-0.3, -0.25) is 4.79 Å². The third kappa shape index (κ3) is 6.24. The van der Waals surface area contributed by atoms with Crippen molar-refractivity contribution < 1.29 is 9.18 Å². The zero-order valence-corrected chi connectivity index (χ0v) is 17.2. The van der Waals surface area contributed by atoms with Crippen LogP contribution in [-0.2, 0) is 4.79 Å². The first-order valence-electron chi connectivity index (χ1n) is 10.8. The van der Waals surface area contributed by atoms with Crippen LogP contribution in [0.2, 0.25) is 0 Å². The quantitative estimate of drug-likeness (QED) is 0.628. The molecule has 156 valence electrons. The van der Waals surface area contributed by atoms with Crippen molar-refractivity contribution in [3.63, 3.8) is 0 Å². The van der Waals surface area contributed by atoms with Crippen molar-refractivity contribution in [3.05, 3.63) is 42.5 Å². The summed E-state index contributed by atoms with van der Waals surface area (Å²) in [6.45, 7) is 4.45. The molecule has 1 saturated heterocycles. The minimum atomic E-state index is -0.276. The first-order chi connectivity index (χ1) is 14.2. The standard InChI is InChI=1S/C23H31FN4O/c1-2-3-4-5-6-12-25-22(29)19-10-8-13-28(17-19)23-26-15-20(16-27-23)18-9-7-11-21(24)14-18/h7,9,11,14-16,19H,2-6,8,10,12-13,17H2,1H3,(H,25,29)/t19-/m0/s1. The first-order valence-corrected chi connectivity index (χ1v) is 10.8. The van der Waals surface area contributed by atoms with E-state index in [9.17, 15) is 9.18 Å². The predicted molar refractivity (Wildman–Crippen MR) is 114 cm³/mol. The van der Waals surface area contributed by atoms with Gasteiger partial charge in [0.05, 0.1) is 5.92 Å². The molecule has 0 spiro atoms. The van der Waals surface area contributed by atoms with Crippen molar-refractivity contribution in [1.82, 2.24) is 15.3 Å². The van der Waals surface area contributed by atoms with E-state index in [-0.39, 0.29) is 17.6 Å². The van der Waals surface area contributed by atoms with E-state index in [1.165, 1.54) is 37.8 Å². The Balaban J connectivity index is 1.51. The summed E-state index contributed by atoms with van der Waals surface area (Å²) >= 11 is 0. The molecule has 6 heteroatoms. The average Bonchev–Trinajstić information content (AvgIpc) is 2.76. The van der Waals surface area contributed by atoms with Crippen LogP contribution in [0.15, 0.2) is 36.7 Å². The Labute approximate surface area is 172 Å². The zero-order chi connectivity index (χ0) is 20.5. The summed E-state index contributed by atoms with van der Waals surface area (Å²) in [6, 6.07) is 6.41. The molecule has 29 heavy (non-hydrogen) atoms. The monoisotopic (exact) mass is 398 g/mol. The molecule has 1 aromatic carbocycles. The van der Waals surface area contributed by atoms with Gasteiger partial charge in [-0.05, 0) is 37.0 Å². The van der Waals surface area contributed by atoms with Crippen molar-refractivity contribution in [2.24, 2.45) is 5.92 Å². The van der Waals surface area contributed by atoms with Gasteiger partial charge in [-0.2, -0.15) is 0 Å². The lowest BCUT2D eigenvalue weighted by atomic mass is 9.97. The van der Waals surface area contributed by atoms with Crippen molar-refractivity contribution in [3.8, 4) is 11.1 Å². The van der Waals surface area contributed by atoms with Crippen LogP contribution in [-0.4, -0.2) is 35.5 Å². The van der Waals surface area contributed by atoms with Crippen LogP contribution < -0.4 is 10.2 Å². The Morgan fingerprint density at radius 2 is 1.97 bits per heavy atom. The molecule has 0 saturated carbocycles. The molecule has 3 rings (SSSR count). The van der Waals surface area contributed by atoms with E-state index in [2.05, 4.69) is 27.1 Å². The lowest BCUT2D eigenvalue weighted by Crippen LogP contribution is -2.43. The fourth-order valence-corrected chi connectivity index (χ4v) is 3.76. The van der Waals surface area contributed by atoms with E-state index in [0.29, 0.717) is 12.5 Å². The minimum Gasteiger partial charge on any atom is -0.356 e. The van der Waals surface area contributed by atoms with Gasteiger partial charge < -0.3 is 10.2 Å². The largest absolute Gasteiger partial charge is 0.356 e. The van der Waals surface area contributed by atoms with Gasteiger partial charge in [0.1, 0.15) is 5.82 Å². The Hall–Kier alpha value is -2.50. The maximum Gasteiger partial charge on any atom is 0.225 e. The Bertz CT molecular complexity index is 781. The van der Waals surface area contributed by atoms with Gasteiger partial charge in [0.2, 0.25) is 11.9 Å². The van der Waals surface area contributed by atoms with Gasteiger partial charge in [-0.1, -0.05) is 44.7 Å². The SMILES string of the molecule is CCCCCCCNC(=O)[C@H]1CCCN(c2ncc(-c3cccc(F)c3)cn2)C1. The average molecular weight is 399 g/mol. The van der Waals surface area contributed by atoms with Crippen molar-refractivity contribution in [1.29, 1.82) is 0 Å². The summed E-state index contributed by atoms with van der Waals surface area (Å²) in [5.41, 5.74) is 1.54. The van der Waals surface area contributed by atoms with Gasteiger partial charge in [-0.25, -0.2) is 14.4 Å². The van der Waals surface area contributed by atoms with Gasteiger partial charge >= 0.3 is 0 Å². The van der Waals surface area contributed by atoms with E-state index in [0.717, 1.165) is 43.5 Å². The molecule has 2 aromatic rings. The third-order valence-electron chi connectivity index (χ3n) is 5.45. The molecule has 1 aromatic heterocycles. The summed E-state index contributed by atoms with van der Waals surface area (Å²) in [4.78, 5) is 23.5. The summed E-state index contributed by atoms with van der Waals surface area (Å²) in [7, 11) is 0. The molecule has 2 heterocycles. The van der Waals surface area contributed by atoms with E-state index in [4.69, 9.17) is 0 Å². The number of anilines is 1. The maximum absolute atomic E-state index is 13.4. The number of carbonyl (C=O) groups excluding carboxylic acids is 1. The van der Waals surface area contributed by atoms with Crippen LogP contribution in [0, 0.1) is 11.7 Å². The summed E-state index contributed by atoms with van der Waals surface area (Å²) in [5.74, 6) is 0.469. The number of piperidine rings is 1. The molecule has 0 unspecified atom stereocenters. The maximum atomic E-state index is 13.4. The number of rotatable bonds is 9. The normalized spacial score (nSPS) is 16.6. The number of benzene rings is 1. The predicted octanol–water partition coefficient (Wildman–Crippen LogP) is 4.59. The highest BCUT2D eigenvalue weighted by Gasteiger charge is 2.26. The van der Waals surface area contributed by atoms with E-state index in [1.54, 1.807) is 18.5 Å². The van der Waals surface area contributed by atoms with Crippen LogP contribution >= 0.6 is 0 Å². The molecule has 5 nitrogen and oxygen atoms in total. The number of aromatic nitrogens is 2. The van der Waals surface area contributed by atoms with Crippen molar-refractivity contribution in [2.75, 3.05) is 24.5 Å². The van der Waals surface area contributed by atoms with E-state index >= 15 is 0 Å². The number of amides is 1. The molecular weight excluding hydrogens is 367 g/mol. The zero-order valence-electron chi connectivity index (χ0n) is 17.2. The minimum absolute atomic E-state index is 0.0223. The topological polar surface area (TPSA) is 58.1 Å². The second-order valence-corrected chi connectivity index (χ2v) is 7.77. The molecule has 1 aliphatic rings. The highest BCUT2D eigenvalue weighted by atomic mass is 19.1.